The molecule has 0 bridgehead atoms. The minimum Gasteiger partial charge on any atom is -0.494 e. The van der Waals surface area contributed by atoms with Crippen LogP contribution in [0.3, 0.4) is 0 Å². The van der Waals surface area contributed by atoms with Crippen molar-refractivity contribution in [2.45, 2.75) is 11.8 Å². The van der Waals surface area contributed by atoms with E-state index in [1.807, 2.05) is 19.1 Å². The van der Waals surface area contributed by atoms with E-state index in [4.69, 9.17) is 10.5 Å². The number of carbonyl (C=O) groups is 1. The molecule has 0 radical (unpaired) electrons. The van der Waals surface area contributed by atoms with E-state index in [0.717, 1.165) is 22.4 Å². The Hall–Kier alpha value is -1.16. The van der Waals surface area contributed by atoms with Crippen molar-refractivity contribution in [1.29, 1.82) is 0 Å². The molecular formula is C9H11NO2S. The standard InChI is InChI=1S/C9H11NO2S/c1-2-12-7-3-5-8(6-4-7)13-9(10)11/h3-6H,2H2,1H3,(H2,10,11). The van der Waals surface area contributed by atoms with Gasteiger partial charge >= 0.3 is 0 Å². The van der Waals surface area contributed by atoms with Crippen molar-refractivity contribution < 1.29 is 9.53 Å². The summed E-state index contributed by atoms with van der Waals surface area (Å²) in [6.07, 6.45) is 0. The van der Waals surface area contributed by atoms with Crippen molar-refractivity contribution in [2.24, 2.45) is 5.73 Å². The van der Waals surface area contributed by atoms with Crippen LogP contribution in [0, 0.1) is 0 Å². The molecule has 0 saturated heterocycles. The minimum atomic E-state index is -0.399. The summed E-state index contributed by atoms with van der Waals surface area (Å²) < 4.78 is 5.24. The van der Waals surface area contributed by atoms with Crippen molar-refractivity contribution in [2.75, 3.05) is 6.61 Å². The molecule has 0 unspecified atom stereocenters. The fraction of sp³-hybridized carbons (Fsp3) is 0.222. The van der Waals surface area contributed by atoms with Crippen LogP contribution in [0.1, 0.15) is 6.92 Å². The quantitative estimate of drug-likeness (QED) is 0.756. The van der Waals surface area contributed by atoms with Gasteiger partial charge < -0.3 is 10.5 Å². The van der Waals surface area contributed by atoms with Gasteiger partial charge in [0, 0.05) is 4.90 Å². The summed E-state index contributed by atoms with van der Waals surface area (Å²) in [5.41, 5.74) is 5.01. The molecule has 1 amide bonds. The van der Waals surface area contributed by atoms with Crippen molar-refractivity contribution in [1.82, 2.24) is 0 Å². The summed E-state index contributed by atoms with van der Waals surface area (Å²) in [5, 5.41) is -0.399. The van der Waals surface area contributed by atoms with Gasteiger partial charge in [0.25, 0.3) is 5.24 Å². The average molecular weight is 197 g/mol. The molecule has 0 heterocycles. The number of ether oxygens (including phenoxy) is 1. The average Bonchev–Trinajstić information content (AvgIpc) is 2.08. The van der Waals surface area contributed by atoms with Gasteiger partial charge in [0.1, 0.15) is 5.75 Å². The van der Waals surface area contributed by atoms with Gasteiger partial charge in [0.15, 0.2) is 0 Å². The Labute approximate surface area is 81.3 Å². The summed E-state index contributed by atoms with van der Waals surface area (Å²) in [6, 6.07) is 7.24. The van der Waals surface area contributed by atoms with Gasteiger partial charge in [-0.25, -0.2) is 0 Å². The normalized spacial score (nSPS) is 9.62. The van der Waals surface area contributed by atoms with Crippen LogP contribution in [0.4, 0.5) is 4.79 Å². The summed E-state index contributed by atoms with van der Waals surface area (Å²) in [6.45, 7) is 2.56. The van der Waals surface area contributed by atoms with E-state index < -0.39 is 5.24 Å². The first-order valence-corrected chi connectivity index (χ1v) is 4.74. The van der Waals surface area contributed by atoms with E-state index >= 15 is 0 Å². The highest BCUT2D eigenvalue weighted by Crippen LogP contribution is 2.20. The van der Waals surface area contributed by atoms with E-state index in [2.05, 4.69) is 0 Å². The molecule has 1 aromatic carbocycles. The maximum atomic E-state index is 10.5. The maximum absolute atomic E-state index is 10.5. The summed E-state index contributed by atoms with van der Waals surface area (Å²) in [7, 11) is 0. The minimum absolute atomic E-state index is 0.399. The van der Waals surface area contributed by atoms with Gasteiger partial charge in [-0.15, -0.1) is 0 Å². The highest BCUT2D eigenvalue weighted by Gasteiger charge is 1.98. The van der Waals surface area contributed by atoms with Crippen LogP contribution in [0.15, 0.2) is 29.2 Å². The van der Waals surface area contributed by atoms with E-state index in [1.165, 1.54) is 0 Å². The lowest BCUT2D eigenvalue weighted by molar-refractivity contribution is 0.267. The molecule has 0 aliphatic rings. The molecule has 2 N–H and O–H groups in total. The molecule has 0 aromatic heterocycles. The molecule has 4 heteroatoms. The molecule has 0 aliphatic heterocycles. The fourth-order valence-corrected chi connectivity index (χ4v) is 1.39. The van der Waals surface area contributed by atoms with Crippen LogP contribution in [0.2, 0.25) is 0 Å². The Bertz CT molecular complexity index is 284. The predicted molar refractivity (Wildman–Crippen MR) is 53.1 cm³/mol. The van der Waals surface area contributed by atoms with Gasteiger partial charge in [-0.3, -0.25) is 4.79 Å². The molecule has 1 rings (SSSR count). The highest BCUT2D eigenvalue weighted by atomic mass is 32.2. The number of carbonyl (C=O) groups excluding carboxylic acids is 1. The lowest BCUT2D eigenvalue weighted by Crippen LogP contribution is -2.01. The molecule has 1 aromatic rings. The molecule has 0 saturated carbocycles. The second kappa shape index (κ2) is 4.77. The van der Waals surface area contributed by atoms with Crippen LogP contribution >= 0.6 is 11.8 Å². The predicted octanol–water partition coefficient (Wildman–Crippen LogP) is 2.26. The SMILES string of the molecule is CCOc1ccc(SC(N)=O)cc1. The van der Waals surface area contributed by atoms with E-state index in [9.17, 15) is 4.79 Å². The number of primary amides is 1. The largest absolute Gasteiger partial charge is 0.494 e. The van der Waals surface area contributed by atoms with Crippen LogP contribution in [0.5, 0.6) is 5.75 Å². The highest BCUT2D eigenvalue weighted by molar-refractivity contribution is 8.13. The molecule has 0 aliphatic carbocycles. The Morgan fingerprint density at radius 3 is 2.54 bits per heavy atom. The third-order valence-electron chi connectivity index (χ3n) is 1.35. The summed E-state index contributed by atoms with van der Waals surface area (Å²) in [5.74, 6) is 0.802. The van der Waals surface area contributed by atoms with E-state index in [-0.39, 0.29) is 0 Å². The number of rotatable bonds is 3. The van der Waals surface area contributed by atoms with Crippen molar-refractivity contribution >= 4 is 17.0 Å². The Morgan fingerprint density at radius 2 is 2.08 bits per heavy atom. The van der Waals surface area contributed by atoms with E-state index in [0.29, 0.717) is 6.61 Å². The van der Waals surface area contributed by atoms with Gasteiger partial charge in [-0.2, -0.15) is 0 Å². The zero-order valence-electron chi connectivity index (χ0n) is 7.32. The number of nitrogens with two attached hydrogens (primary N) is 1. The van der Waals surface area contributed by atoms with Gasteiger partial charge in [-0.05, 0) is 43.0 Å². The second-order valence-corrected chi connectivity index (χ2v) is 3.40. The van der Waals surface area contributed by atoms with Crippen LogP contribution in [-0.2, 0) is 0 Å². The van der Waals surface area contributed by atoms with Gasteiger partial charge in [0.05, 0.1) is 6.61 Å². The number of amides is 1. The summed E-state index contributed by atoms with van der Waals surface area (Å²) >= 11 is 1.01. The molecule has 13 heavy (non-hydrogen) atoms. The topological polar surface area (TPSA) is 52.3 Å². The Balaban J connectivity index is 2.64. The number of hydrogen-bond donors (Lipinski definition) is 1. The second-order valence-electron chi connectivity index (χ2n) is 2.33. The fourth-order valence-electron chi connectivity index (χ4n) is 0.887. The van der Waals surface area contributed by atoms with Gasteiger partial charge in [-0.1, -0.05) is 0 Å². The molecule has 70 valence electrons. The molecule has 0 atom stereocenters. The number of benzene rings is 1. The summed E-state index contributed by atoms with van der Waals surface area (Å²) in [4.78, 5) is 11.4. The molecule has 0 spiro atoms. The monoisotopic (exact) mass is 197 g/mol. The van der Waals surface area contributed by atoms with Crippen LogP contribution < -0.4 is 10.5 Å². The smallest absolute Gasteiger partial charge is 0.281 e. The molecule has 0 fully saturated rings. The van der Waals surface area contributed by atoms with Gasteiger partial charge in [0.2, 0.25) is 0 Å². The van der Waals surface area contributed by atoms with Crippen LogP contribution in [0.25, 0.3) is 0 Å². The van der Waals surface area contributed by atoms with Crippen molar-refractivity contribution in [3.05, 3.63) is 24.3 Å². The number of hydrogen-bond acceptors (Lipinski definition) is 3. The maximum Gasteiger partial charge on any atom is 0.281 e. The molecular weight excluding hydrogens is 186 g/mol. The zero-order chi connectivity index (χ0) is 9.68. The lowest BCUT2D eigenvalue weighted by Gasteiger charge is -2.02. The first-order valence-electron chi connectivity index (χ1n) is 3.92. The lowest BCUT2D eigenvalue weighted by atomic mass is 10.3. The Morgan fingerprint density at radius 1 is 1.46 bits per heavy atom. The third-order valence-corrected chi connectivity index (χ3v) is 2.06. The first kappa shape index (κ1) is 9.92. The Kier molecular flexibility index (Phi) is 3.64. The first-order chi connectivity index (χ1) is 6.22. The zero-order valence-corrected chi connectivity index (χ0v) is 8.14. The van der Waals surface area contributed by atoms with Crippen molar-refractivity contribution in [3.8, 4) is 5.75 Å². The molecule has 3 nitrogen and oxygen atoms in total. The van der Waals surface area contributed by atoms with Crippen LogP contribution in [-0.4, -0.2) is 11.8 Å². The van der Waals surface area contributed by atoms with E-state index in [1.54, 1.807) is 12.1 Å². The van der Waals surface area contributed by atoms with Crippen molar-refractivity contribution in [3.63, 3.8) is 0 Å². The number of thioether (sulfide) groups is 1. The third kappa shape index (κ3) is 3.38.